The van der Waals surface area contributed by atoms with Crippen LogP contribution >= 0.6 is 0 Å². The molecular formula is C29H37NO7. The number of esters is 2. The van der Waals surface area contributed by atoms with Crippen LogP contribution in [0, 0.1) is 0 Å². The molecule has 0 heterocycles. The van der Waals surface area contributed by atoms with Crippen molar-refractivity contribution in [1.29, 1.82) is 0 Å². The average Bonchev–Trinajstić information content (AvgIpc) is 2.87. The number of aryl methyl sites for hydroxylation is 1. The highest BCUT2D eigenvalue weighted by atomic mass is 16.5. The lowest BCUT2D eigenvalue weighted by molar-refractivity contribution is -0.148. The summed E-state index contributed by atoms with van der Waals surface area (Å²) in [6.45, 7) is 3.74. The largest absolute Gasteiger partial charge is 0.497 e. The van der Waals surface area contributed by atoms with Gasteiger partial charge in [0.1, 0.15) is 29.7 Å². The van der Waals surface area contributed by atoms with Crippen LogP contribution in [-0.4, -0.2) is 43.4 Å². The van der Waals surface area contributed by atoms with E-state index in [1.165, 1.54) is 6.92 Å². The molecular weight excluding hydrogens is 474 g/mol. The molecule has 0 fully saturated rings. The van der Waals surface area contributed by atoms with Crippen LogP contribution in [0.4, 0.5) is 0 Å². The number of methoxy groups -OCH3 is 1. The fourth-order valence-electron chi connectivity index (χ4n) is 3.61. The van der Waals surface area contributed by atoms with E-state index in [-0.39, 0.29) is 31.0 Å². The van der Waals surface area contributed by atoms with E-state index >= 15 is 0 Å². The summed E-state index contributed by atoms with van der Waals surface area (Å²) in [4.78, 5) is 48.3. The van der Waals surface area contributed by atoms with E-state index in [9.17, 15) is 19.2 Å². The first-order chi connectivity index (χ1) is 17.8. The number of hydrogen-bond acceptors (Lipinski definition) is 7. The van der Waals surface area contributed by atoms with Crippen molar-refractivity contribution in [2.24, 2.45) is 0 Å². The smallest absolute Gasteiger partial charge is 0.328 e. The number of nitrogens with one attached hydrogen (secondary N) is 1. The van der Waals surface area contributed by atoms with Crippen molar-refractivity contribution in [1.82, 2.24) is 5.32 Å². The van der Waals surface area contributed by atoms with Gasteiger partial charge in [0.05, 0.1) is 13.7 Å². The van der Waals surface area contributed by atoms with Crippen molar-refractivity contribution in [3.63, 3.8) is 0 Å². The van der Waals surface area contributed by atoms with E-state index in [0.29, 0.717) is 18.8 Å². The van der Waals surface area contributed by atoms with Crippen molar-refractivity contribution in [3.05, 3.63) is 59.7 Å². The number of benzene rings is 2. The minimum absolute atomic E-state index is 0.220. The lowest BCUT2D eigenvalue weighted by atomic mass is 10.0. The Balaban J connectivity index is 1.99. The molecule has 0 radical (unpaired) electrons. The number of unbranched alkanes of at least 4 members (excludes halogenated alkanes) is 3. The number of rotatable bonds is 16. The van der Waals surface area contributed by atoms with E-state index in [0.717, 1.165) is 42.6 Å². The van der Waals surface area contributed by atoms with E-state index in [1.807, 2.05) is 24.3 Å². The maximum Gasteiger partial charge on any atom is 0.328 e. The Morgan fingerprint density at radius 1 is 0.865 bits per heavy atom. The monoisotopic (exact) mass is 511 g/mol. The molecule has 1 N–H and O–H groups in total. The Kier molecular flexibility index (Phi) is 12.9. The second-order valence-corrected chi connectivity index (χ2v) is 8.90. The van der Waals surface area contributed by atoms with E-state index < -0.39 is 18.0 Å². The van der Waals surface area contributed by atoms with Gasteiger partial charge in [0.25, 0.3) is 0 Å². The molecule has 0 aliphatic carbocycles. The third-order valence-corrected chi connectivity index (χ3v) is 5.65. The molecule has 2 rings (SSSR count). The molecule has 0 bridgehead atoms. The van der Waals surface area contributed by atoms with E-state index in [2.05, 4.69) is 12.2 Å². The molecule has 8 heteroatoms. The molecule has 0 aliphatic rings. The maximum atomic E-state index is 12.8. The van der Waals surface area contributed by atoms with Crippen LogP contribution in [0.25, 0.3) is 0 Å². The third kappa shape index (κ3) is 11.7. The molecule has 37 heavy (non-hydrogen) atoms. The standard InChI is InChI=1S/C29H37NO7/c1-4-5-6-7-18-36-29(34)26(30-27(32)17-12-22-8-13-24(35-3)14-9-22)20-23-10-15-25(16-11-23)37-28(33)19-21(2)31/h8-11,13-16,26H,4-7,12,17-20H2,1-3H3,(H,30,32). The molecule has 0 aromatic heterocycles. The quantitative estimate of drug-likeness (QED) is 0.154. The molecule has 2 aromatic rings. The highest BCUT2D eigenvalue weighted by Gasteiger charge is 2.23. The predicted octanol–water partition coefficient (Wildman–Crippen LogP) is 4.36. The van der Waals surface area contributed by atoms with Gasteiger partial charge in [0.15, 0.2) is 0 Å². The van der Waals surface area contributed by atoms with Crippen LogP contribution in [0.3, 0.4) is 0 Å². The van der Waals surface area contributed by atoms with E-state index in [4.69, 9.17) is 14.2 Å². The Labute approximate surface area is 218 Å². The second-order valence-electron chi connectivity index (χ2n) is 8.90. The molecule has 0 spiro atoms. The van der Waals surface area contributed by atoms with Crippen molar-refractivity contribution in [2.75, 3.05) is 13.7 Å². The first-order valence-corrected chi connectivity index (χ1v) is 12.7. The van der Waals surface area contributed by atoms with Gasteiger partial charge in [-0.2, -0.15) is 0 Å². The zero-order valence-corrected chi connectivity index (χ0v) is 21.9. The van der Waals surface area contributed by atoms with Crippen LogP contribution in [0.5, 0.6) is 11.5 Å². The average molecular weight is 512 g/mol. The maximum absolute atomic E-state index is 12.8. The molecule has 8 nitrogen and oxygen atoms in total. The Hall–Kier alpha value is -3.68. The normalized spacial score (nSPS) is 11.3. The summed E-state index contributed by atoms with van der Waals surface area (Å²) in [6, 6.07) is 13.2. The molecule has 200 valence electrons. The third-order valence-electron chi connectivity index (χ3n) is 5.65. The zero-order valence-electron chi connectivity index (χ0n) is 21.9. The Bertz CT molecular complexity index is 1020. The first-order valence-electron chi connectivity index (χ1n) is 12.7. The van der Waals surface area contributed by atoms with Crippen LogP contribution in [0.15, 0.2) is 48.5 Å². The minimum Gasteiger partial charge on any atom is -0.497 e. The molecule has 1 unspecified atom stereocenters. The van der Waals surface area contributed by atoms with Gasteiger partial charge in [-0.1, -0.05) is 50.5 Å². The van der Waals surface area contributed by atoms with Gasteiger partial charge >= 0.3 is 11.9 Å². The molecule has 1 atom stereocenters. The topological polar surface area (TPSA) is 108 Å². The SMILES string of the molecule is CCCCCCOC(=O)C(Cc1ccc(OC(=O)CC(C)=O)cc1)NC(=O)CCc1ccc(OC)cc1. The number of hydrogen-bond donors (Lipinski definition) is 1. The van der Waals surface area contributed by atoms with Gasteiger partial charge in [-0.3, -0.25) is 14.4 Å². The zero-order chi connectivity index (χ0) is 27.0. The van der Waals surface area contributed by atoms with Crippen molar-refractivity contribution < 1.29 is 33.4 Å². The highest BCUT2D eigenvalue weighted by Crippen LogP contribution is 2.16. The minimum atomic E-state index is -0.847. The fraction of sp³-hybridized carbons (Fsp3) is 0.448. The number of carbonyl (C=O) groups is 4. The number of amides is 1. The van der Waals surface area contributed by atoms with Crippen molar-refractivity contribution in [3.8, 4) is 11.5 Å². The number of ketones is 1. The number of Topliss-reactive ketones (excluding diaryl/α,β-unsaturated/α-hetero) is 1. The van der Waals surface area contributed by atoms with Crippen LogP contribution in [-0.2, 0) is 36.8 Å². The number of carbonyl (C=O) groups excluding carboxylic acids is 4. The van der Waals surface area contributed by atoms with Crippen molar-refractivity contribution >= 4 is 23.6 Å². The van der Waals surface area contributed by atoms with Gasteiger partial charge in [-0.25, -0.2) is 4.79 Å². The summed E-state index contributed by atoms with van der Waals surface area (Å²) in [5.41, 5.74) is 1.75. The lowest BCUT2D eigenvalue weighted by Crippen LogP contribution is -2.43. The highest BCUT2D eigenvalue weighted by molar-refractivity contribution is 5.94. The second kappa shape index (κ2) is 16.1. The van der Waals surface area contributed by atoms with Gasteiger partial charge in [-0.05, 0) is 55.2 Å². The summed E-state index contributed by atoms with van der Waals surface area (Å²) in [5.74, 6) is -0.595. The Morgan fingerprint density at radius 3 is 2.14 bits per heavy atom. The summed E-state index contributed by atoms with van der Waals surface area (Å²) >= 11 is 0. The molecule has 0 saturated carbocycles. The predicted molar refractivity (Wildman–Crippen MR) is 139 cm³/mol. The van der Waals surface area contributed by atoms with Crippen LogP contribution in [0.1, 0.15) is 63.5 Å². The van der Waals surface area contributed by atoms with Crippen molar-refractivity contribution in [2.45, 2.75) is 71.3 Å². The molecule has 0 aliphatic heterocycles. The van der Waals surface area contributed by atoms with Gasteiger partial charge in [0, 0.05) is 12.8 Å². The molecule has 1 amide bonds. The first kappa shape index (κ1) is 29.5. The van der Waals surface area contributed by atoms with E-state index in [1.54, 1.807) is 31.4 Å². The number of ether oxygens (including phenoxy) is 3. The summed E-state index contributed by atoms with van der Waals surface area (Å²) in [5, 5.41) is 2.82. The molecule has 2 aromatic carbocycles. The van der Waals surface area contributed by atoms with Gasteiger partial charge in [0.2, 0.25) is 5.91 Å². The van der Waals surface area contributed by atoms with Gasteiger partial charge < -0.3 is 19.5 Å². The summed E-state index contributed by atoms with van der Waals surface area (Å²) in [6.07, 6.45) is 4.59. The van der Waals surface area contributed by atoms with Gasteiger partial charge in [-0.15, -0.1) is 0 Å². The summed E-state index contributed by atoms with van der Waals surface area (Å²) < 4.78 is 15.8. The summed E-state index contributed by atoms with van der Waals surface area (Å²) in [7, 11) is 1.60. The fourth-order valence-corrected chi connectivity index (χ4v) is 3.61. The van der Waals surface area contributed by atoms with Crippen LogP contribution < -0.4 is 14.8 Å². The molecule has 0 saturated heterocycles. The Morgan fingerprint density at radius 2 is 1.51 bits per heavy atom. The van der Waals surface area contributed by atoms with Crippen LogP contribution in [0.2, 0.25) is 0 Å². The lowest BCUT2D eigenvalue weighted by Gasteiger charge is -2.18.